The number of halogens is 1. The molecule has 0 saturated heterocycles. The molecule has 1 amide bonds. The average molecular weight is 281 g/mol. The fraction of sp³-hybridized carbons (Fsp3) is 0.308. The van der Waals surface area contributed by atoms with Crippen LogP contribution in [0.25, 0.3) is 10.1 Å². The third-order valence-electron chi connectivity index (χ3n) is 3.31. The Labute approximate surface area is 114 Å². The smallest absolute Gasteiger partial charge is 0.263 e. The van der Waals surface area contributed by atoms with Gasteiger partial charge in [-0.1, -0.05) is 11.6 Å². The highest BCUT2D eigenvalue weighted by Gasteiger charge is 2.39. The first-order chi connectivity index (χ1) is 8.48. The van der Waals surface area contributed by atoms with E-state index in [0.29, 0.717) is 15.6 Å². The van der Waals surface area contributed by atoms with Gasteiger partial charge in [0.15, 0.2) is 0 Å². The number of amides is 1. The number of nitrogen functional groups attached to an aromatic ring is 1. The number of carbonyl (C=O) groups excluding carboxylic acids is 1. The van der Waals surface area contributed by atoms with E-state index in [-0.39, 0.29) is 11.4 Å². The van der Waals surface area contributed by atoms with Gasteiger partial charge in [-0.25, -0.2) is 0 Å². The lowest BCUT2D eigenvalue weighted by molar-refractivity contribution is 0.0940. The minimum atomic E-state index is -0.0789. The normalized spacial score (nSPS) is 16.8. The maximum absolute atomic E-state index is 12.2. The van der Waals surface area contributed by atoms with Crippen molar-refractivity contribution in [1.82, 2.24) is 5.32 Å². The van der Waals surface area contributed by atoms with E-state index in [0.717, 1.165) is 22.9 Å². The second-order valence-electron chi connectivity index (χ2n) is 5.00. The van der Waals surface area contributed by atoms with Gasteiger partial charge in [-0.15, -0.1) is 11.3 Å². The van der Waals surface area contributed by atoms with Crippen LogP contribution in [0.3, 0.4) is 0 Å². The van der Waals surface area contributed by atoms with Crippen LogP contribution < -0.4 is 11.1 Å². The van der Waals surface area contributed by atoms with E-state index in [9.17, 15) is 4.79 Å². The topological polar surface area (TPSA) is 55.1 Å². The van der Waals surface area contributed by atoms with Crippen LogP contribution in [0, 0.1) is 0 Å². The van der Waals surface area contributed by atoms with Crippen LogP contribution in [0.1, 0.15) is 29.4 Å². The van der Waals surface area contributed by atoms with Gasteiger partial charge in [0.25, 0.3) is 5.91 Å². The third-order valence-corrected chi connectivity index (χ3v) is 4.71. The van der Waals surface area contributed by atoms with Crippen LogP contribution in [-0.2, 0) is 0 Å². The first-order valence-corrected chi connectivity index (χ1v) is 6.98. The standard InChI is InChI=1S/C13H13ClN2OS/c1-13(4-5-13)16-12(17)11-10(15)8-3-2-7(14)6-9(8)18-11/h2-3,6H,4-5,15H2,1H3,(H,16,17). The van der Waals surface area contributed by atoms with Gasteiger partial charge in [0, 0.05) is 20.6 Å². The number of nitrogens with two attached hydrogens (primary N) is 1. The van der Waals surface area contributed by atoms with Gasteiger partial charge in [0.2, 0.25) is 0 Å². The van der Waals surface area contributed by atoms with Crippen LogP contribution in [-0.4, -0.2) is 11.4 Å². The van der Waals surface area contributed by atoms with Crippen molar-refractivity contribution >= 4 is 44.6 Å². The van der Waals surface area contributed by atoms with Gasteiger partial charge in [0.1, 0.15) is 4.88 Å². The fourth-order valence-electron chi connectivity index (χ4n) is 1.90. The predicted molar refractivity (Wildman–Crippen MR) is 76.4 cm³/mol. The van der Waals surface area contributed by atoms with E-state index < -0.39 is 0 Å². The molecule has 3 N–H and O–H groups in total. The van der Waals surface area contributed by atoms with Crippen LogP contribution >= 0.6 is 22.9 Å². The zero-order chi connectivity index (χ0) is 12.9. The molecule has 1 aliphatic rings. The molecule has 18 heavy (non-hydrogen) atoms. The van der Waals surface area contributed by atoms with Crippen molar-refractivity contribution in [3.05, 3.63) is 28.1 Å². The number of thiophene rings is 1. The molecule has 2 aromatic rings. The Morgan fingerprint density at radius 3 is 2.89 bits per heavy atom. The molecule has 5 heteroatoms. The van der Waals surface area contributed by atoms with E-state index in [1.54, 1.807) is 6.07 Å². The van der Waals surface area contributed by atoms with E-state index in [4.69, 9.17) is 17.3 Å². The molecular weight excluding hydrogens is 268 g/mol. The van der Waals surface area contributed by atoms with Gasteiger partial charge in [-0.05, 0) is 38.0 Å². The predicted octanol–water partition coefficient (Wildman–Crippen LogP) is 3.42. The summed E-state index contributed by atoms with van der Waals surface area (Å²) in [6, 6.07) is 5.49. The van der Waals surface area contributed by atoms with Crippen molar-refractivity contribution < 1.29 is 4.79 Å². The van der Waals surface area contributed by atoms with Crippen molar-refractivity contribution in [1.29, 1.82) is 0 Å². The molecule has 1 fully saturated rings. The minimum Gasteiger partial charge on any atom is -0.397 e. The summed E-state index contributed by atoms with van der Waals surface area (Å²) < 4.78 is 0.950. The van der Waals surface area contributed by atoms with Crippen LogP contribution in [0.5, 0.6) is 0 Å². The molecule has 1 aromatic heterocycles. The first-order valence-electron chi connectivity index (χ1n) is 5.79. The van der Waals surface area contributed by atoms with Crippen molar-refractivity contribution in [2.24, 2.45) is 0 Å². The summed E-state index contributed by atoms with van der Waals surface area (Å²) in [4.78, 5) is 12.7. The van der Waals surface area contributed by atoms with Gasteiger partial charge in [-0.2, -0.15) is 0 Å². The molecule has 0 radical (unpaired) electrons. The van der Waals surface area contributed by atoms with Crippen molar-refractivity contribution in [2.45, 2.75) is 25.3 Å². The van der Waals surface area contributed by atoms with Crippen LogP contribution in [0.4, 0.5) is 5.69 Å². The lowest BCUT2D eigenvalue weighted by atomic mass is 10.2. The highest BCUT2D eigenvalue weighted by Crippen LogP contribution is 2.38. The lowest BCUT2D eigenvalue weighted by Crippen LogP contribution is -2.34. The highest BCUT2D eigenvalue weighted by atomic mass is 35.5. The quantitative estimate of drug-likeness (QED) is 0.886. The molecule has 1 saturated carbocycles. The number of nitrogens with one attached hydrogen (secondary N) is 1. The molecular formula is C13H13ClN2OS. The Bertz CT molecular complexity index is 646. The molecule has 3 nitrogen and oxygen atoms in total. The Hall–Kier alpha value is -1.26. The first kappa shape index (κ1) is 11.8. The SMILES string of the molecule is CC1(NC(=O)c2sc3cc(Cl)ccc3c2N)CC1. The summed E-state index contributed by atoms with van der Waals surface area (Å²) in [7, 11) is 0. The summed E-state index contributed by atoms with van der Waals surface area (Å²) >= 11 is 7.33. The Morgan fingerprint density at radius 1 is 1.50 bits per heavy atom. The van der Waals surface area contributed by atoms with Crippen LogP contribution in [0.15, 0.2) is 18.2 Å². The minimum absolute atomic E-state index is 0.0304. The summed E-state index contributed by atoms with van der Waals surface area (Å²) in [5.41, 5.74) is 6.55. The van der Waals surface area contributed by atoms with Gasteiger partial charge < -0.3 is 11.1 Å². The van der Waals surface area contributed by atoms with Crippen molar-refractivity contribution in [3.8, 4) is 0 Å². The zero-order valence-electron chi connectivity index (χ0n) is 9.92. The largest absolute Gasteiger partial charge is 0.397 e. The summed E-state index contributed by atoms with van der Waals surface area (Å²) in [5, 5.41) is 4.58. The molecule has 3 rings (SSSR count). The second kappa shape index (κ2) is 3.87. The fourth-order valence-corrected chi connectivity index (χ4v) is 3.20. The van der Waals surface area contributed by atoms with Crippen molar-refractivity contribution in [2.75, 3.05) is 5.73 Å². The summed E-state index contributed by atoms with van der Waals surface area (Å²) in [5.74, 6) is -0.0789. The molecule has 94 valence electrons. The highest BCUT2D eigenvalue weighted by molar-refractivity contribution is 7.21. The van der Waals surface area contributed by atoms with Gasteiger partial charge in [-0.3, -0.25) is 4.79 Å². The number of rotatable bonds is 2. The summed E-state index contributed by atoms with van der Waals surface area (Å²) in [6.45, 7) is 2.05. The number of hydrogen-bond donors (Lipinski definition) is 2. The molecule has 1 aromatic carbocycles. The number of benzene rings is 1. The summed E-state index contributed by atoms with van der Waals surface area (Å²) in [6.07, 6.45) is 2.07. The molecule has 1 aliphatic carbocycles. The Kier molecular flexibility index (Phi) is 2.54. The Morgan fingerprint density at radius 2 is 2.22 bits per heavy atom. The molecule has 0 bridgehead atoms. The number of anilines is 1. The Balaban J connectivity index is 2.01. The molecule has 0 unspecified atom stereocenters. The zero-order valence-corrected chi connectivity index (χ0v) is 11.5. The monoisotopic (exact) mass is 280 g/mol. The van der Waals surface area contributed by atoms with E-state index in [2.05, 4.69) is 5.32 Å². The molecule has 0 aliphatic heterocycles. The van der Waals surface area contributed by atoms with Gasteiger partial charge in [0.05, 0.1) is 5.69 Å². The maximum Gasteiger partial charge on any atom is 0.263 e. The number of carbonyl (C=O) groups is 1. The van der Waals surface area contributed by atoms with E-state index in [1.165, 1.54) is 11.3 Å². The third kappa shape index (κ3) is 1.95. The van der Waals surface area contributed by atoms with E-state index >= 15 is 0 Å². The van der Waals surface area contributed by atoms with Gasteiger partial charge >= 0.3 is 0 Å². The number of hydrogen-bond acceptors (Lipinski definition) is 3. The second-order valence-corrected chi connectivity index (χ2v) is 6.49. The van der Waals surface area contributed by atoms with E-state index in [1.807, 2.05) is 19.1 Å². The number of fused-ring (bicyclic) bond motifs is 1. The maximum atomic E-state index is 12.2. The van der Waals surface area contributed by atoms with Crippen molar-refractivity contribution in [3.63, 3.8) is 0 Å². The molecule has 0 spiro atoms. The molecule has 0 atom stereocenters. The molecule has 1 heterocycles. The lowest BCUT2D eigenvalue weighted by Gasteiger charge is -2.10. The van der Waals surface area contributed by atoms with Crippen LogP contribution in [0.2, 0.25) is 5.02 Å². The average Bonchev–Trinajstić information content (AvgIpc) is 2.93.